The minimum Gasteiger partial charge on any atom is -0.330 e. The van der Waals surface area contributed by atoms with E-state index in [2.05, 4.69) is 37.7 Å². The van der Waals surface area contributed by atoms with Crippen molar-refractivity contribution in [2.45, 2.75) is 78.2 Å². The van der Waals surface area contributed by atoms with Gasteiger partial charge in [0, 0.05) is 12.2 Å². The summed E-state index contributed by atoms with van der Waals surface area (Å²) >= 11 is 0. The molecule has 0 aromatic carbocycles. The van der Waals surface area contributed by atoms with Crippen LogP contribution in [0.3, 0.4) is 0 Å². The molecule has 3 heteroatoms. The largest absolute Gasteiger partial charge is 0.330 e. The van der Waals surface area contributed by atoms with E-state index in [1.54, 1.807) is 0 Å². The van der Waals surface area contributed by atoms with Gasteiger partial charge in [-0.25, -0.2) is 0 Å². The van der Waals surface area contributed by atoms with Gasteiger partial charge in [0.1, 0.15) is 0 Å². The predicted molar refractivity (Wildman–Crippen MR) is 89.3 cm³/mol. The first-order valence-electron chi connectivity index (χ1n) is 8.86. The fourth-order valence-corrected chi connectivity index (χ4v) is 3.73. The Morgan fingerprint density at radius 1 is 1.38 bits per heavy atom. The third-order valence-electron chi connectivity index (χ3n) is 5.56. The molecule has 1 aromatic rings. The molecular formula is C18H33N3. The van der Waals surface area contributed by atoms with Gasteiger partial charge < -0.3 is 5.73 Å². The first-order valence-corrected chi connectivity index (χ1v) is 8.86. The standard InChI is InChI=1S/C18H33N3/c1-4-6-16-7-10-18(14-19,11-8-16)13-17-9-12-21(20-17)15(3)5-2/h9,12,15-16H,4-8,10-11,13-14,19H2,1-3H3. The highest BCUT2D eigenvalue weighted by Gasteiger charge is 2.34. The summed E-state index contributed by atoms with van der Waals surface area (Å²) < 4.78 is 2.11. The Hall–Kier alpha value is -0.830. The van der Waals surface area contributed by atoms with Crippen LogP contribution in [0, 0.1) is 11.3 Å². The average molecular weight is 291 g/mol. The minimum atomic E-state index is 0.304. The predicted octanol–water partition coefficient (Wildman–Crippen LogP) is 4.33. The SMILES string of the molecule is CCCC1CCC(CN)(Cc2ccn(C(C)CC)n2)CC1. The van der Waals surface area contributed by atoms with Crippen LogP contribution in [0.1, 0.15) is 77.5 Å². The smallest absolute Gasteiger partial charge is 0.0630 e. The highest BCUT2D eigenvalue weighted by molar-refractivity contribution is 5.05. The van der Waals surface area contributed by atoms with Gasteiger partial charge in [-0.2, -0.15) is 5.10 Å². The summed E-state index contributed by atoms with van der Waals surface area (Å²) in [6, 6.07) is 2.69. The summed E-state index contributed by atoms with van der Waals surface area (Å²) in [4.78, 5) is 0. The van der Waals surface area contributed by atoms with Gasteiger partial charge in [-0.3, -0.25) is 4.68 Å². The molecule has 1 heterocycles. The van der Waals surface area contributed by atoms with Crippen LogP contribution in [0.25, 0.3) is 0 Å². The molecule has 1 atom stereocenters. The van der Waals surface area contributed by atoms with E-state index in [-0.39, 0.29) is 0 Å². The van der Waals surface area contributed by atoms with Gasteiger partial charge >= 0.3 is 0 Å². The zero-order chi connectivity index (χ0) is 15.3. The first-order chi connectivity index (χ1) is 10.1. The zero-order valence-corrected chi connectivity index (χ0v) is 14.1. The normalized spacial score (nSPS) is 27.7. The number of aromatic nitrogens is 2. The van der Waals surface area contributed by atoms with E-state index in [1.165, 1.54) is 44.2 Å². The first kappa shape index (κ1) is 16.5. The molecule has 0 spiro atoms. The summed E-state index contributed by atoms with van der Waals surface area (Å²) in [6.45, 7) is 7.54. The van der Waals surface area contributed by atoms with Crippen molar-refractivity contribution in [1.82, 2.24) is 9.78 Å². The summed E-state index contributed by atoms with van der Waals surface area (Å²) in [5.74, 6) is 0.937. The van der Waals surface area contributed by atoms with E-state index in [9.17, 15) is 0 Å². The fourth-order valence-electron chi connectivity index (χ4n) is 3.73. The van der Waals surface area contributed by atoms with Crippen molar-refractivity contribution in [2.24, 2.45) is 17.1 Å². The number of nitrogens with two attached hydrogens (primary N) is 1. The highest BCUT2D eigenvalue weighted by Crippen LogP contribution is 2.41. The Balaban J connectivity index is 1.97. The topological polar surface area (TPSA) is 43.8 Å². The lowest BCUT2D eigenvalue weighted by molar-refractivity contribution is 0.149. The fraction of sp³-hybridized carbons (Fsp3) is 0.833. The summed E-state index contributed by atoms with van der Waals surface area (Å²) in [5.41, 5.74) is 7.70. The minimum absolute atomic E-state index is 0.304. The van der Waals surface area contributed by atoms with Crippen LogP contribution in [0.4, 0.5) is 0 Å². The summed E-state index contributed by atoms with van der Waals surface area (Å²) in [6.07, 6.45) is 12.3. The van der Waals surface area contributed by atoms with Gasteiger partial charge in [0.05, 0.1) is 5.69 Å². The van der Waals surface area contributed by atoms with Crippen molar-refractivity contribution >= 4 is 0 Å². The molecule has 1 unspecified atom stereocenters. The molecule has 21 heavy (non-hydrogen) atoms. The van der Waals surface area contributed by atoms with Crippen LogP contribution in [-0.2, 0) is 6.42 Å². The molecule has 1 saturated carbocycles. The number of nitrogens with zero attached hydrogens (tertiary/aromatic N) is 2. The summed E-state index contributed by atoms with van der Waals surface area (Å²) in [7, 11) is 0. The molecule has 2 rings (SSSR count). The van der Waals surface area contributed by atoms with E-state index < -0.39 is 0 Å². The summed E-state index contributed by atoms with van der Waals surface area (Å²) in [5, 5.41) is 4.78. The maximum absolute atomic E-state index is 6.16. The molecule has 0 amide bonds. The molecule has 0 bridgehead atoms. The van der Waals surface area contributed by atoms with Crippen molar-refractivity contribution in [3.05, 3.63) is 18.0 Å². The lowest BCUT2D eigenvalue weighted by Gasteiger charge is -2.39. The molecule has 0 saturated heterocycles. The zero-order valence-electron chi connectivity index (χ0n) is 14.1. The molecule has 1 aliphatic carbocycles. The van der Waals surface area contributed by atoms with Crippen LogP contribution in [0.5, 0.6) is 0 Å². The van der Waals surface area contributed by atoms with Gasteiger partial charge in [-0.1, -0.05) is 26.7 Å². The van der Waals surface area contributed by atoms with Crippen molar-refractivity contribution < 1.29 is 0 Å². The van der Waals surface area contributed by atoms with Crippen molar-refractivity contribution in [2.75, 3.05) is 6.54 Å². The molecule has 120 valence electrons. The van der Waals surface area contributed by atoms with Gasteiger partial charge in [-0.15, -0.1) is 0 Å². The lowest BCUT2D eigenvalue weighted by Crippen LogP contribution is -2.37. The van der Waals surface area contributed by atoms with Gasteiger partial charge in [0.25, 0.3) is 0 Å². The van der Waals surface area contributed by atoms with Crippen LogP contribution >= 0.6 is 0 Å². The van der Waals surface area contributed by atoms with Gasteiger partial charge in [0.2, 0.25) is 0 Å². The molecular weight excluding hydrogens is 258 g/mol. The molecule has 0 radical (unpaired) electrons. The van der Waals surface area contributed by atoms with Gasteiger partial charge in [-0.05, 0) is 69.4 Å². The average Bonchev–Trinajstić information content (AvgIpc) is 2.97. The third kappa shape index (κ3) is 4.09. The molecule has 0 aliphatic heterocycles. The van der Waals surface area contributed by atoms with Crippen LogP contribution < -0.4 is 5.73 Å². The van der Waals surface area contributed by atoms with Crippen LogP contribution in [-0.4, -0.2) is 16.3 Å². The molecule has 1 aliphatic rings. The lowest BCUT2D eigenvalue weighted by atomic mass is 9.67. The number of rotatable bonds is 7. The molecule has 1 fully saturated rings. The molecule has 1 aromatic heterocycles. The maximum Gasteiger partial charge on any atom is 0.0630 e. The van der Waals surface area contributed by atoms with Crippen molar-refractivity contribution in [3.8, 4) is 0 Å². The van der Waals surface area contributed by atoms with E-state index in [0.717, 1.165) is 25.3 Å². The highest BCUT2D eigenvalue weighted by atomic mass is 15.3. The Kier molecular flexibility index (Phi) is 5.86. The van der Waals surface area contributed by atoms with Crippen molar-refractivity contribution in [3.63, 3.8) is 0 Å². The van der Waals surface area contributed by atoms with Gasteiger partial charge in [0.15, 0.2) is 0 Å². The second-order valence-corrected chi connectivity index (χ2v) is 7.16. The molecule has 3 nitrogen and oxygen atoms in total. The van der Waals surface area contributed by atoms with E-state index in [1.807, 2.05) is 0 Å². The Morgan fingerprint density at radius 3 is 2.67 bits per heavy atom. The molecule has 2 N–H and O–H groups in total. The maximum atomic E-state index is 6.16. The van der Waals surface area contributed by atoms with E-state index >= 15 is 0 Å². The number of hydrogen-bond acceptors (Lipinski definition) is 2. The Bertz CT molecular complexity index is 416. The van der Waals surface area contributed by atoms with Crippen LogP contribution in [0.2, 0.25) is 0 Å². The van der Waals surface area contributed by atoms with Crippen molar-refractivity contribution in [1.29, 1.82) is 0 Å². The van der Waals surface area contributed by atoms with E-state index in [0.29, 0.717) is 11.5 Å². The second-order valence-electron chi connectivity index (χ2n) is 7.16. The Morgan fingerprint density at radius 2 is 2.10 bits per heavy atom. The van der Waals surface area contributed by atoms with Crippen LogP contribution in [0.15, 0.2) is 12.3 Å². The second kappa shape index (κ2) is 7.44. The monoisotopic (exact) mass is 291 g/mol. The number of hydrogen-bond donors (Lipinski definition) is 1. The quantitative estimate of drug-likeness (QED) is 0.812. The van der Waals surface area contributed by atoms with E-state index in [4.69, 9.17) is 10.8 Å². The third-order valence-corrected chi connectivity index (χ3v) is 5.56. The Labute approximate surface area is 130 Å².